The van der Waals surface area contributed by atoms with Gasteiger partial charge in [-0.25, -0.2) is 0 Å². The molecular weight excluding hydrogens is 298 g/mol. The molecule has 2 rings (SSSR count). The molecule has 112 valence electrons. The van der Waals surface area contributed by atoms with Gasteiger partial charge in [0, 0.05) is 12.1 Å². The van der Waals surface area contributed by atoms with Crippen LogP contribution in [-0.2, 0) is 9.59 Å². The predicted octanol–water partition coefficient (Wildman–Crippen LogP) is 1.70. The number of benzene rings is 1. The quantitative estimate of drug-likeness (QED) is 0.661. The topological polar surface area (TPSA) is 83.9 Å². The van der Waals surface area contributed by atoms with Gasteiger partial charge >= 0.3 is 5.97 Å². The summed E-state index contributed by atoms with van der Waals surface area (Å²) in [6, 6.07) is 4.67. The van der Waals surface area contributed by atoms with Crippen molar-refractivity contribution in [2.45, 2.75) is 18.7 Å². The van der Waals surface area contributed by atoms with Crippen LogP contribution in [-0.4, -0.2) is 41.3 Å². The van der Waals surface area contributed by atoms with Gasteiger partial charge in [-0.3, -0.25) is 14.4 Å². The van der Waals surface area contributed by atoms with Crippen LogP contribution in [0.3, 0.4) is 0 Å². The van der Waals surface area contributed by atoms with E-state index in [-0.39, 0.29) is 31.3 Å². The molecule has 1 heterocycles. The van der Waals surface area contributed by atoms with Gasteiger partial charge in [0.1, 0.15) is 5.75 Å². The Kier molecular flexibility index (Phi) is 4.47. The second-order valence-electron chi connectivity index (χ2n) is 4.64. The Morgan fingerprint density at radius 3 is 2.81 bits per heavy atom. The van der Waals surface area contributed by atoms with Crippen LogP contribution >= 0.6 is 11.6 Å². The van der Waals surface area contributed by atoms with Crippen LogP contribution in [0.15, 0.2) is 18.2 Å². The maximum absolute atomic E-state index is 11.9. The number of Topliss-reactive ketones (excluding diaryl/α,β-unsaturated/α-hetero) is 1. The summed E-state index contributed by atoms with van der Waals surface area (Å²) in [6.07, 6.45) is -0.185. The van der Waals surface area contributed by atoms with Crippen LogP contribution < -0.4 is 9.64 Å². The first-order valence-corrected chi connectivity index (χ1v) is 6.81. The van der Waals surface area contributed by atoms with Crippen LogP contribution in [0, 0.1) is 0 Å². The zero-order valence-corrected chi connectivity index (χ0v) is 12.1. The smallest absolute Gasteiger partial charge is 0.305 e. The van der Waals surface area contributed by atoms with Gasteiger partial charge in [-0.1, -0.05) is 0 Å². The average Bonchev–Trinajstić information content (AvgIpc) is 2.44. The summed E-state index contributed by atoms with van der Waals surface area (Å²) >= 11 is 5.77. The SMILES string of the molecule is CC(Cl)C(=O)c1ccc2c(c1)N(CCC(=O)O)C(=O)CO2. The van der Waals surface area contributed by atoms with Gasteiger partial charge in [0.15, 0.2) is 12.4 Å². The summed E-state index contributed by atoms with van der Waals surface area (Å²) in [5.41, 5.74) is 0.755. The lowest BCUT2D eigenvalue weighted by Gasteiger charge is -2.29. The van der Waals surface area contributed by atoms with Gasteiger partial charge in [0.25, 0.3) is 5.91 Å². The number of hydrogen-bond donors (Lipinski definition) is 1. The maximum Gasteiger partial charge on any atom is 0.305 e. The molecule has 1 aliphatic heterocycles. The zero-order chi connectivity index (χ0) is 15.6. The minimum Gasteiger partial charge on any atom is -0.482 e. The number of halogens is 1. The maximum atomic E-state index is 11.9. The molecule has 0 bridgehead atoms. The number of fused-ring (bicyclic) bond motifs is 1. The highest BCUT2D eigenvalue weighted by atomic mass is 35.5. The number of ketones is 1. The number of anilines is 1. The predicted molar refractivity (Wildman–Crippen MR) is 76.2 cm³/mol. The van der Waals surface area contributed by atoms with Crippen molar-refractivity contribution in [2.75, 3.05) is 18.1 Å². The highest BCUT2D eigenvalue weighted by Gasteiger charge is 2.27. The third-order valence-corrected chi connectivity index (χ3v) is 3.30. The summed E-state index contributed by atoms with van der Waals surface area (Å²) < 4.78 is 5.29. The van der Waals surface area contributed by atoms with Crippen molar-refractivity contribution in [1.29, 1.82) is 0 Å². The minimum absolute atomic E-state index is 0.0264. The molecule has 0 spiro atoms. The molecule has 7 heteroatoms. The first kappa shape index (κ1) is 15.3. The van der Waals surface area contributed by atoms with E-state index in [0.717, 1.165) is 0 Å². The third-order valence-electron chi connectivity index (χ3n) is 3.10. The van der Waals surface area contributed by atoms with Crippen LogP contribution in [0.5, 0.6) is 5.75 Å². The first-order valence-electron chi connectivity index (χ1n) is 6.37. The van der Waals surface area contributed by atoms with Crippen molar-refractivity contribution in [3.63, 3.8) is 0 Å². The lowest BCUT2D eigenvalue weighted by atomic mass is 10.1. The molecule has 0 aliphatic carbocycles. The van der Waals surface area contributed by atoms with E-state index in [1.807, 2.05) is 0 Å². The van der Waals surface area contributed by atoms with Gasteiger partial charge in [-0.15, -0.1) is 11.6 Å². The normalized spacial score (nSPS) is 15.1. The number of aliphatic carboxylic acids is 1. The molecule has 21 heavy (non-hydrogen) atoms. The van der Waals surface area contributed by atoms with Crippen LogP contribution in [0.1, 0.15) is 23.7 Å². The fraction of sp³-hybridized carbons (Fsp3) is 0.357. The lowest BCUT2D eigenvalue weighted by molar-refractivity contribution is -0.136. The van der Waals surface area contributed by atoms with E-state index in [9.17, 15) is 14.4 Å². The summed E-state index contributed by atoms with van der Waals surface area (Å²) in [6.45, 7) is 1.44. The average molecular weight is 312 g/mol. The van der Waals surface area contributed by atoms with E-state index >= 15 is 0 Å². The Balaban J connectivity index is 2.35. The summed E-state index contributed by atoms with van der Waals surface area (Å²) in [4.78, 5) is 35.8. The number of amides is 1. The molecule has 0 aromatic heterocycles. The molecule has 1 aromatic carbocycles. The van der Waals surface area contributed by atoms with E-state index < -0.39 is 11.3 Å². The second kappa shape index (κ2) is 6.13. The minimum atomic E-state index is -1.00. The number of carboxylic acid groups (broad SMARTS) is 1. The fourth-order valence-corrected chi connectivity index (χ4v) is 2.16. The number of carbonyl (C=O) groups excluding carboxylic acids is 2. The largest absolute Gasteiger partial charge is 0.482 e. The number of carbonyl (C=O) groups is 3. The Morgan fingerprint density at radius 2 is 2.19 bits per heavy atom. The Labute approximate surface area is 126 Å². The molecule has 1 aromatic rings. The van der Waals surface area contributed by atoms with Crippen molar-refractivity contribution in [3.8, 4) is 5.75 Å². The zero-order valence-electron chi connectivity index (χ0n) is 11.3. The molecule has 0 saturated carbocycles. The van der Waals surface area contributed by atoms with Gasteiger partial charge < -0.3 is 14.7 Å². The molecule has 1 atom stereocenters. The highest BCUT2D eigenvalue weighted by molar-refractivity contribution is 6.33. The number of rotatable bonds is 5. The van der Waals surface area contributed by atoms with Gasteiger partial charge in [0.05, 0.1) is 17.5 Å². The van der Waals surface area contributed by atoms with Crippen LogP contribution in [0.25, 0.3) is 0 Å². The van der Waals surface area contributed by atoms with Crippen molar-refractivity contribution < 1.29 is 24.2 Å². The number of hydrogen-bond acceptors (Lipinski definition) is 4. The van der Waals surface area contributed by atoms with Crippen molar-refractivity contribution in [3.05, 3.63) is 23.8 Å². The molecule has 0 radical (unpaired) electrons. The van der Waals surface area contributed by atoms with Crippen molar-refractivity contribution in [2.24, 2.45) is 0 Å². The van der Waals surface area contributed by atoms with Crippen LogP contribution in [0.4, 0.5) is 5.69 Å². The molecule has 0 saturated heterocycles. The molecule has 1 unspecified atom stereocenters. The summed E-state index contributed by atoms with van der Waals surface area (Å²) in [7, 11) is 0. The van der Waals surface area contributed by atoms with Crippen LogP contribution in [0.2, 0.25) is 0 Å². The van der Waals surface area contributed by atoms with E-state index in [1.54, 1.807) is 19.1 Å². The van der Waals surface area contributed by atoms with Gasteiger partial charge in [0.2, 0.25) is 0 Å². The van der Waals surface area contributed by atoms with Gasteiger partial charge in [-0.2, -0.15) is 0 Å². The molecule has 1 aliphatic rings. The number of nitrogens with zero attached hydrogens (tertiary/aromatic N) is 1. The number of carboxylic acids is 1. The molecule has 6 nitrogen and oxygen atoms in total. The Morgan fingerprint density at radius 1 is 1.48 bits per heavy atom. The number of ether oxygens (including phenoxy) is 1. The van der Waals surface area contributed by atoms with E-state index in [2.05, 4.69) is 0 Å². The monoisotopic (exact) mass is 311 g/mol. The fourth-order valence-electron chi connectivity index (χ4n) is 2.04. The Hall–Kier alpha value is -2.08. The number of alkyl halides is 1. The third kappa shape index (κ3) is 3.33. The summed E-state index contributed by atoms with van der Waals surface area (Å²) in [5.74, 6) is -1.17. The lowest BCUT2D eigenvalue weighted by Crippen LogP contribution is -2.40. The van der Waals surface area contributed by atoms with E-state index in [0.29, 0.717) is 17.0 Å². The van der Waals surface area contributed by atoms with Crippen molar-refractivity contribution in [1.82, 2.24) is 0 Å². The molecule has 1 amide bonds. The van der Waals surface area contributed by atoms with Gasteiger partial charge in [-0.05, 0) is 25.1 Å². The molecule has 1 N–H and O–H groups in total. The van der Waals surface area contributed by atoms with E-state index in [4.69, 9.17) is 21.4 Å². The second-order valence-corrected chi connectivity index (χ2v) is 5.30. The Bertz CT molecular complexity index is 599. The standard InChI is InChI=1S/C14H14ClNO5/c1-8(15)14(20)9-2-3-11-10(6-9)16(5-4-13(18)19)12(17)7-21-11/h2-3,6,8H,4-5,7H2,1H3,(H,18,19). The first-order chi connectivity index (χ1) is 9.90. The van der Waals surface area contributed by atoms with Crippen molar-refractivity contribution >= 4 is 34.9 Å². The summed E-state index contributed by atoms with van der Waals surface area (Å²) in [5, 5.41) is 8.07. The molecular formula is C14H14ClNO5. The molecule has 0 fully saturated rings. The van der Waals surface area contributed by atoms with E-state index in [1.165, 1.54) is 11.0 Å². The highest BCUT2D eigenvalue weighted by Crippen LogP contribution is 2.33.